The summed E-state index contributed by atoms with van der Waals surface area (Å²) in [4.78, 5) is 4.15. The summed E-state index contributed by atoms with van der Waals surface area (Å²) in [5, 5.41) is 3.79. The van der Waals surface area contributed by atoms with E-state index >= 15 is 0 Å². The van der Waals surface area contributed by atoms with E-state index in [-0.39, 0.29) is 6.04 Å². The summed E-state index contributed by atoms with van der Waals surface area (Å²) in [6.07, 6.45) is 1.63. The minimum absolute atomic E-state index is 0.271. The lowest BCUT2D eigenvalue weighted by atomic mass is 10.2. The highest BCUT2D eigenvalue weighted by atomic mass is 16.5. The smallest absolute Gasteiger partial charge is 0.243 e. The van der Waals surface area contributed by atoms with Crippen LogP contribution in [0.5, 0.6) is 0 Å². The molecule has 0 aliphatic heterocycles. The number of hydrogen-bond donors (Lipinski definition) is 1. The van der Waals surface area contributed by atoms with Crippen molar-refractivity contribution in [3.8, 4) is 0 Å². The summed E-state index contributed by atoms with van der Waals surface area (Å²) >= 11 is 0. The second kappa shape index (κ2) is 7.32. The Labute approximate surface area is 95.1 Å². The lowest BCUT2D eigenvalue weighted by molar-refractivity contribution is 0.114. The van der Waals surface area contributed by atoms with Gasteiger partial charge >= 0.3 is 0 Å². The van der Waals surface area contributed by atoms with E-state index in [1.807, 2.05) is 6.92 Å². The van der Waals surface area contributed by atoms with Crippen molar-refractivity contribution in [3.05, 3.63) is 11.7 Å². The summed E-state index contributed by atoms with van der Waals surface area (Å²) in [5.41, 5.74) is 5.83. The van der Waals surface area contributed by atoms with Crippen molar-refractivity contribution in [1.29, 1.82) is 0 Å². The van der Waals surface area contributed by atoms with Gasteiger partial charge in [0.25, 0.3) is 0 Å². The molecule has 1 aromatic heterocycles. The zero-order valence-electron chi connectivity index (χ0n) is 9.81. The molecule has 0 saturated carbocycles. The highest BCUT2D eigenvalue weighted by Crippen LogP contribution is 2.11. The average Bonchev–Trinajstić information content (AvgIpc) is 2.75. The van der Waals surface area contributed by atoms with Crippen LogP contribution in [0.2, 0.25) is 0 Å². The van der Waals surface area contributed by atoms with Crippen molar-refractivity contribution in [2.45, 2.75) is 32.4 Å². The van der Waals surface area contributed by atoms with E-state index in [9.17, 15) is 0 Å². The first-order valence-corrected chi connectivity index (χ1v) is 5.42. The van der Waals surface area contributed by atoms with E-state index in [1.165, 1.54) is 0 Å². The van der Waals surface area contributed by atoms with Gasteiger partial charge in [-0.2, -0.15) is 4.98 Å². The molecular weight excluding hydrogens is 210 g/mol. The van der Waals surface area contributed by atoms with Gasteiger partial charge in [0.15, 0.2) is 5.82 Å². The Bertz CT molecular complexity index is 291. The molecule has 0 saturated heterocycles. The van der Waals surface area contributed by atoms with Crippen molar-refractivity contribution < 1.29 is 14.0 Å². The van der Waals surface area contributed by atoms with E-state index in [0.29, 0.717) is 38.0 Å². The molecule has 6 heteroatoms. The molecule has 0 aliphatic carbocycles. The van der Waals surface area contributed by atoms with Crippen LogP contribution in [0.15, 0.2) is 4.52 Å². The van der Waals surface area contributed by atoms with Crippen molar-refractivity contribution in [1.82, 2.24) is 10.1 Å². The maximum absolute atomic E-state index is 5.83. The Hall–Kier alpha value is -0.980. The summed E-state index contributed by atoms with van der Waals surface area (Å²) in [7, 11) is 1.63. The minimum atomic E-state index is -0.271. The zero-order valence-corrected chi connectivity index (χ0v) is 9.81. The van der Waals surface area contributed by atoms with Crippen molar-refractivity contribution in [2.24, 2.45) is 5.73 Å². The van der Waals surface area contributed by atoms with Crippen LogP contribution in [0.4, 0.5) is 0 Å². The van der Waals surface area contributed by atoms with Gasteiger partial charge in [-0.1, -0.05) is 12.1 Å². The molecule has 0 radical (unpaired) electrons. The van der Waals surface area contributed by atoms with Gasteiger partial charge in [0.05, 0.1) is 6.04 Å². The molecule has 1 atom stereocenters. The molecule has 0 aliphatic rings. The van der Waals surface area contributed by atoms with Crippen LogP contribution in [-0.2, 0) is 16.1 Å². The number of nitrogens with two attached hydrogens (primary N) is 1. The second-order valence-electron chi connectivity index (χ2n) is 3.49. The van der Waals surface area contributed by atoms with Gasteiger partial charge in [0.2, 0.25) is 5.89 Å². The van der Waals surface area contributed by atoms with Gasteiger partial charge in [-0.25, -0.2) is 0 Å². The quantitative estimate of drug-likeness (QED) is 0.670. The van der Waals surface area contributed by atoms with Crippen LogP contribution in [0.1, 0.15) is 37.5 Å². The maximum Gasteiger partial charge on any atom is 0.243 e. The van der Waals surface area contributed by atoms with Crippen LogP contribution in [0.25, 0.3) is 0 Å². The maximum atomic E-state index is 5.83. The third-order valence-corrected chi connectivity index (χ3v) is 2.01. The molecule has 0 aromatic carbocycles. The molecule has 6 nitrogen and oxygen atoms in total. The normalized spacial score (nSPS) is 12.9. The monoisotopic (exact) mass is 229 g/mol. The molecule has 0 amide bonds. The Kier molecular flexibility index (Phi) is 5.99. The number of rotatable bonds is 8. The average molecular weight is 229 g/mol. The Morgan fingerprint density at radius 3 is 2.94 bits per heavy atom. The number of methoxy groups -OCH3 is 1. The summed E-state index contributed by atoms with van der Waals surface area (Å²) < 4.78 is 15.3. The number of aromatic nitrogens is 2. The SMILES string of the molecule is CCCOCc1noc(C(N)CCOC)n1. The Balaban J connectivity index is 2.37. The third-order valence-electron chi connectivity index (χ3n) is 2.01. The predicted octanol–water partition coefficient (Wildman–Crippen LogP) is 1.03. The minimum Gasteiger partial charge on any atom is -0.385 e. The molecule has 92 valence electrons. The number of ether oxygens (including phenoxy) is 2. The van der Waals surface area contributed by atoms with E-state index in [1.54, 1.807) is 7.11 Å². The summed E-state index contributed by atoms with van der Waals surface area (Å²) in [5.74, 6) is 0.975. The molecule has 1 heterocycles. The lowest BCUT2D eigenvalue weighted by Gasteiger charge is -2.04. The van der Waals surface area contributed by atoms with Crippen LogP contribution in [0, 0.1) is 0 Å². The molecule has 1 aromatic rings. The third kappa shape index (κ3) is 4.26. The van der Waals surface area contributed by atoms with Gasteiger partial charge < -0.3 is 19.7 Å². The zero-order chi connectivity index (χ0) is 11.8. The lowest BCUT2D eigenvalue weighted by Crippen LogP contribution is -2.13. The molecular formula is C10H19N3O3. The molecule has 1 rings (SSSR count). The fourth-order valence-corrected chi connectivity index (χ4v) is 1.15. The fraction of sp³-hybridized carbons (Fsp3) is 0.800. The standard InChI is InChI=1S/C10H19N3O3/c1-3-5-15-7-9-12-10(16-13-9)8(11)4-6-14-2/h8H,3-7,11H2,1-2H3. The highest BCUT2D eigenvalue weighted by Gasteiger charge is 2.14. The van der Waals surface area contributed by atoms with Crippen molar-refractivity contribution in [2.75, 3.05) is 20.3 Å². The topological polar surface area (TPSA) is 83.4 Å². The highest BCUT2D eigenvalue weighted by molar-refractivity contribution is 4.90. The largest absolute Gasteiger partial charge is 0.385 e. The first-order chi connectivity index (χ1) is 7.77. The second-order valence-corrected chi connectivity index (χ2v) is 3.49. The Morgan fingerprint density at radius 1 is 1.44 bits per heavy atom. The van der Waals surface area contributed by atoms with E-state index < -0.39 is 0 Å². The van der Waals surface area contributed by atoms with Crippen molar-refractivity contribution in [3.63, 3.8) is 0 Å². The van der Waals surface area contributed by atoms with Crippen LogP contribution >= 0.6 is 0 Å². The van der Waals surface area contributed by atoms with Crippen LogP contribution < -0.4 is 5.73 Å². The molecule has 1 unspecified atom stereocenters. The van der Waals surface area contributed by atoms with E-state index in [0.717, 1.165) is 6.42 Å². The fourth-order valence-electron chi connectivity index (χ4n) is 1.15. The first kappa shape index (κ1) is 13.1. The van der Waals surface area contributed by atoms with Gasteiger partial charge in [-0.05, 0) is 12.8 Å². The van der Waals surface area contributed by atoms with Gasteiger partial charge in [-0.3, -0.25) is 0 Å². The van der Waals surface area contributed by atoms with Gasteiger partial charge in [0, 0.05) is 20.3 Å². The summed E-state index contributed by atoms with van der Waals surface area (Å²) in [6.45, 7) is 3.68. The number of nitrogens with zero attached hydrogens (tertiary/aromatic N) is 2. The predicted molar refractivity (Wildman–Crippen MR) is 57.7 cm³/mol. The van der Waals surface area contributed by atoms with Gasteiger partial charge in [0.1, 0.15) is 6.61 Å². The molecule has 0 bridgehead atoms. The van der Waals surface area contributed by atoms with Crippen LogP contribution in [0.3, 0.4) is 0 Å². The Morgan fingerprint density at radius 2 is 2.25 bits per heavy atom. The van der Waals surface area contributed by atoms with Crippen LogP contribution in [-0.4, -0.2) is 30.5 Å². The molecule has 2 N–H and O–H groups in total. The van der Waals surface area contributed by atoms with E-state index in [4.69, 9.17) is 19.7 Å². The van der Waals surface area contributed by atoms with Crippen molar-refractivity contribution >= 4 is 0 Å². The molecule has 16 heavy (non-hydrogen) atoms. The number of hydrogen-bond acceptors (Lipinski definition) is 6. The molecule has 0 spiro atoms. The van der Waals surface area contributed by atoms with E-state index in [2.05, 4.69) is 10.1 Å². The first-order valence-electron chi connectivity index (χ1n) is 5.42. The molecule has 0 fully saturated rings. The summed E-state index contributed by atoms with van der Waals surface area (Å²) in [6, 6.07) is -0.271. The van der Waals surface area contributed by atoms with Gasteiger partial charge in [-0.15, -0.1) is 0 Å².